The number of hydrogen-bond donors (Lipinski definition) is 3. The van der Waals surface area contributed by atoms with Crippen molar-refractivity contribution in [2.45, 2.75) is 0 Å². The van der Waals surface area contributed by atoms with E-state index in [4.69, 9.17) is 0 Å². The largest absolute Gasteiger partial charge is 0.505 e. The van der Waals surface area contributed by atoms with E-state index in [2.05, 4.69) is 10.3 Å². The zero-order valence-electron chi connectivity index (χ0n) is 11.3. The summed E-state index contributed by atoms with van der Waals surface area (Å²) >= 11 is 0. The SMILES string of the molecule is O=C(Nc1c(O)c2ccccc2[nH]c1=O)c1ccccc1F. The average Bonchev–Trinajstić information content (AvgIpc) is 2.51. The van der Waals surface area contributed by atoms with Crippen LogP contribution in [0.2, 0.25) is 0 Å². The van der Waals surface area contributed by atoms with Crippen molar-refractivity contribution in [2.24, 2.45) is 0 Å². The first-order valence-electron chi connectivity index (χ1n) is 6.48. The first-order valence-corrected chi connectivity index (χ1v) is 6.48. The molecule has 1 aromatic heterocycles. The molecular weight excluding hydrogens is 287 g/mol. The highest BCUT2D eigenvalue weighted by molar-refractivity contribution is 6.06. The molecule has 22 heavy (non-hydrogen) atoms. The summed E-state index contributed by atoms with van der Waals surface area (Å²) in [6.45, 7) is 0. The van der Waals surface area contributed by atoms with E-state index in [-0.39, 0.29) is 17.0 Å². The Balaban J connectivity index is 2.06. The molecule has 0 aliphatic heterocycles. The van der Waals surface area contributed by atoms with Crippen molar-refractivity contribution in [3.05, 3.63) is 70.3 Å². The normalized spacial score (nSPS) is 10.6. The highest BCUT2D eigenvalue weighted by Crippen LogP contribution is 2.28. The Morgan fingerprint density at radius 2 is 1.77 bits per heavy atom. The number of fused-ring (bicyclic) bond motifs is 1. The summed E-state index contributed by atoms with van der Waals surface area (Å²) in [5.41, 5.74) is -0.754. The first kappa shape index (κ1) is 13.8. The summed E-state index contributed by atoms with van der Waals surface area (Å²) in [7, 11) is 0. The summed E-state index contributed by atoms with van der Waals surface area (Å²) in [6.07, 6.45) is 0. The third-order valence-electron chi connectivity index (χ3n) is 3.25. The molecule has 0 spiro atoms. The van der Waals surface area contributed by atoms with Crippen molar-refractivity contribution in [1.82, 2.24) is 4.98 Å². The lowest BCUT2D eigenvalue weighted by atomic mass is 10.1. The number of H-pyrrole nitrogens is 1. The van der Waals surface area contributed by atoms with Gasteiger partial charge in [0, 0.05) is 5.39 Å². The summed E-state index contributed by atoms with van der Waals surface area (Å²) in [4.78, 5) is 26.6. The number of aromatic amines is 1. The van der Waals surface area contributed by atoms with Gasteiger partial charge in [-0.05, 0) is 24.3 Å². The number of nitrogens with one attached hydrogen (secondary N) is 2. The highest BCUT2D eigenvalue weighted by Gasteiger charge is 2.17. The standard InChI is InChI=1S/C16H11FN2O3/c17-11-7-3-1-5-9(11)15(21)19-13-14(20)10-6-2-4-8-12(10)18-16(13)22/h1-8H,(H,19,21)(H2,18,20,22). The monoisotopic (exact) mass is 298 g/mol. The number of pyridine rings is 1. The number of rotatable bonds is 2. The molecule has 0 radical (unpaired) electrons. The van der Waals surface area contributed by atoms with E-state index in [1.807, 2.05) is 0 Å². The molecule has 0 bridgehead atoms. The molecule has 110 valence electrons. The first-order chi connectivity index (χ1) is 10.6. The Morgan fingerprint density at radius 3 is 2.55 bits per heavy atom. The van der Waals surface area contributed by atoms with Gasteiger partial charge < -0.3 is 15.4 Å². The van der Waals surface area contributed by atoms with E-state index in [0.29, 0.717) is 10.9 Å². The van der Waals surface area contributed by atoms with Crippen molar-refractivity contribution >= 4 is 22.5 Å². The second-order valence-electron chi connectivity index (χ2n) is 4.66. The number of para-hydroxylation sites is 1. The molecule has 0 aliphatic rings. The molecule has 3 rings (SSSR count). The number of aromatic hydroxyl groups is 1. The molecule has 0 atom stereocenters. The molecule has 2 aromatic carbocycles. The van der Waals surface area contributed by atoms with E-state index in [1.165, 1.54) is 18.2 Å². The highest BCUT2D eigenvalue weighted by atomic mass is 19.1. The minimum absolute atomic E-state index is 0.213. The minimum Gasteiger partial charge on any atom is -0.505 e. The molecule has 0 fully saturated rings. The molecule has 5 nitrogen and oxygen atoms in total. The predicted molar refractivity (Wildman–Crippen MR) is 80.6 cm³/mol. The van der Waals surface area contributed by atoms with Gasteiger partial charge in [0.25, 0.3) is 11.5 Å². The van der Waals surface area contributed by atoms with Gasteiger partial charge in [0.1, 0.15) is 5.82 Å². The summed E-state index contributed by atoms with van der Waals surface area (Å²) in [5, 5.41) is 12.8. The number of anilines is 1. The van der Waals surface area contributed by atoms with Crippen LogP contribution in [0, 0.1) is 5.82 Å². The van der Waals surface area contributed by atoms with Crippen LogP contribution in [0.25, 0.3) is 10.9 Å². The van der Waals surface area contributed by atoms with Crippen LogP contribution in [0.1, 0.15) is 10.4 Å². The fourth-order valence-electron chi connectivity index (χ4n) is 2.17. The van der Waals surface area contributed by atoms with Crippen molar-refractivity contribution < 1.29 is 14.3 Å². The van der Waals surface area contributed by atoms with E-state index < -0.39 is 17.3 Å². The van der Waals surface area contributed by atoms with Gasteiger partial charge in [-0.1, -0.05) is 24.3 Å². The maximum atomic E-state index is 13.6. The van der Waals surface area contributed by atoms with Gasteiger partial charge >= 0.3 is 0 Å². The van der Waals surface area contributed by atoms with Gasteiger partial charge in [0.05, 0.1) is 11.1 Å². The van der Waals surface area contributed by atoms with Gasteiger partial charge in [-0.2, -0.15) is 0 Å². The third-order valence-corrected chi connectivity index (χ3v) is 3.25. The molecule has 1 heterocycles. The van der Waals surface area contributed by atoms with E-state index >= 15 is 0 Å². The second kappa shape index (κ2) is 5.33. The van der Waals surface area contributed by atoms with E-state index in [9.17, 15) is 19.1 Å². The Kier molecular flexibility index (Phi) is 3.34. The molecule has 3 N–H and O–H groups in total. The van der Waals surface area contributed by atoms with Gasteiger partial charge in [-0.3, -0.25) is 9.59 Å². The number of amides is 1. The number of carbonyl (C=O) groups excluding carboxylic acids is 1. The summed E-state index contributed by atoms with van der Waals surface area (Å²) in [5.74, 6) is -1.88. The van der Waals surface area contributed by atoms with Gasteiger partial charge in [0.2, 0.25) is 0 Å². The topological polar surface area (TPSA) is 82.2 Å². The van der Waals surface area contributed by atoms with E-state index in [1.54, 1.807) is 24.3 Å². The lowest BCUT2D eigenvalue weighted by Crippen LogP contribution is -2.21. The second-order valence-corrected chi connectivity index (χ2v) is 4.66. The van der Waals surface area contributed by atoms with Crippen molar-refractivity contribution in [3.63, 3.8) is 0 Å². The maximum absolute atomic E-state index is 13.6. The number of aromatic nitrogens is 1. The number of hydrogen-bond acceptors (Lipinski definition) is 3. The summed E-state index contributed by atoms with van der Waals surface area (Å²) < 4.78 is 13.6. The van der Waals surface area contributed by atoms with Gasteiger partial charge in [0.15, 0.2) is 11.4 Å². The lowest BCUT2D eigenvalue weighted by Gasteiger charge is -2.09. The van der Waals surface area contributed by atoms with Crippen molar-refractivity contribution in [3.8, 4) is 5.75 Å². The Bertz CT molecular complexity index is 934. The number of carbonyl (C=O) groups is 1. The fraction of sp³-hybridized carbons (Fsp3) is 0. The molecule has 3 aromatic rings. The van der Waals surface area contributed by atoms with E-state index in [0.717, 1.165) is 6.07 Å². The average molecular weight is 298 g/mol. The fourth-order valence-corrected chi connectivity index (χ4v) is 2.17. The molecular formula is C16H11FN2O3. The Hall–Kier alpha value is -3.15. The van der Waals surface area contributed by atoms with Crippen LogP contribution >= 0.6 is 0 Å². The number of halogens is 1. The van der Waals surface area contributed by atoms with Crippen LogP contribution in [-0.4, -0.2) is 16.0 Å². The minimum atomic E-state index is -0.811. The van der Waals surface area contributed by atoms with Crippen LogP contribution in [-0.2, 0) is 0 Å². The smallest absolute Gasteiger partial charge is 0.276 e. The molecule has 0 saturated heterocycles. The molecule has 0 aliphatic carbocycles. The maximum Gasteiger partial charge on any atom is 0.276 e. The quantitative estimate of drug-likeness (QED) is 0.680. The lowest BCUT2D eigenvalue weighted by molar-refractivity contribution is 0.102. The van der Waals surface area contributed by atoms with Crippen molar-refractivity contribution in [1.29, 1.82) is 0 Å². The summed E-state index contributed by atoms with van der Waals surface area (Å²) in [6, 6.07) is 12.0. The predicted octanol–water partition coefficient (Wildman–Crippen LogP) is 2.63. The zero-order chi connectivity index (χ0) is 15.7. The Morgan fingerprint density at radius 1 is 1.09 bits per heavy atom. The molecule has 6 heteroatoms. The van der Waals surface area contributed by atoms with Crippen LogP contribution in [0.4, 0.5) is 10.1 Å². The van der Waals surface area contributed by atoms with Crippen molar-refractivity contribution in [2.75, 3.05) is 5.32 Å². The molecule has 0 unspecified atom stereocenters. The zero-order valence-corrected chi connectivity index (χ0v) is 11.3. The van der Waals surface area contributed by atoms with Crippen LogP contribution in [0.3, 0.4) is 0 Å². The molecule has 1 amide bonds. The molecule has 0 saturated carbocycles. The van der Waals surface area contributed by atoms with Crippen LogP contribution < -0.4 is 10.9 Å². The number of benzene rings is 2. The van der Waals surface area contributed by atoms with Crippen LogP contribution in [0.5, 0.6) is 5.75 Å². The Labute approximate surface area is 124 Å². The van der Waals surface area contributed by atoms with Gasteiger partial charge in [-0.25, -0.2) is 4.39 Å². The third kappa shape index (κ3) is 2.31. The van der Waals surface area contributed by atoms with Gasteiger partial charge in [-0.15, -0.1) is 0 Å². The van der Waals surface area contributed by atoms with Crippen LogP contribution in [0.15, 0.2) is 53.3 Å².